The first-order valence-electron chi connectivity index (χ1n) is 17.1. The quantitative estimate of drug-likeness (QED) is 0.286. The molecule has 2 heterocycles. The number of carbonyl (C=O) groups excluding carboxylic acids is 4. The molecule has 2 aromatic rings. The third-order valence-corrected chi connectivity index (χ3v) is 11.9. The molecule has 5 atom stereocenters. The Labute approximate surface area is 282 Å². The van der Waals surface area contributed by atoms with Crippen molar-refractivity contribution in [3.05, 3.63) is 60.7 Å². The van der Waals surface area contributed by atoms with Gasteiger partial charge in [-0.05, 0) is 67.5 Å². The number of fused-ring (bicyclic) bond motifs is 3. The van der Waals surface area contributed by atoms with Crippen molar-refractivity contribution >= 4 is 50.4 Å². The first-order chi connectivity index (χ1) is 23.0. The summed E-state index contributed by atoms with van der Waals surface area (Å²) in [5.41, 5.74) is -0.253. The highest BCUT2D eigenvalue weighted by atomic mass is 32.2. The Balaban J connectivity index is 1.31. The molecule has 0 spiro atoms. The van der Waals surface area contributed by atoms with E-state index in [9.17, 15) is 27.6 Å². The molecule has 0 unspecified atom stereocenters. The highest BCUT2D eigenvalue weighted by Gasteiger charge is 2.61. The van der Waals surface area contributed by atoms with Crippen molar-refractivity contribution in [2.45, 2.75) is 88.5 Å². The number of benzene rings is 2. The molecule has 2 aromatic carbocycles. The summed E-state index contributed by atoms with van der Waals surface area (Å²) in [6.07, 6.45) is 8.74. The van der Waals surface area contributed by atoms with Gasteiger partial charge in [0.1, 0.15) is 11.9 Å². The highest BCUT2D eigenvalue weighted by Crippen LogP contribution is 2.57. The van der Waals surface area contributed by atoms with Crippen LogP contribution in [-0.2, 0) is 33.9 Å². The van der Waals surface area contributed by atoms with Crippen LogP contribution in [0.2, 0.25) is 0 Å². The number of amides is 2. The Morgan fingerprint density at radius 1 is 1.17 bits per heavy atom. The molecule has 1 saturated heterocycles. The number of sulfonamides is 1. The van der Waals surface area contributed by atoms with Crippen molar-refractivity contribution in [1.29, 1.82) is 0 Å². The minimum absolute atomic E-state index is 0.0980. The van der Waals surface area contributed by atoms with Gasteiger partial charge in [0.25, 0.3) is 0 Å². The van der Waals surface area contributed by atoms with Crippen LogP contribution < -0.4 is 9.46 Å². The molecule has 2 aliphatic heterocycles. The second kappa shape index (κ2) is 13.9. The number of hydrogen-bond donors (Lipinski definition) is 1. The van der Waals surface area contributed by atoms with Crippen LogP contribution in [0.25, 0.3) is 16.8 Å². The van der Waals surface area contributed by atoms with Crippen LogP contribution in [0.15, 0.2) is 55.1 Å². The number of hydrogen-bond acceptors (Lipinski definition) is 8. The lowest BCUT2D eigenvalue weighted by molar-refractivity contribution is -0.150. The molecular weight excluding hydrogens is 632 g/mol. The van der Waals surface area contributed by atoms with E-state index in [4.69, 9.17) is 9.47 Å². The lowest BCUT2D eigenvalue weighted by Crippen LogP contribution is -2.46. The van der Waals surface area contributed by atoms with Crippen molar-refractivity contribution in [3.8, 4) is 5.75 Å². The van der Waals surface area contributed by atoms with Crippen LogP contribution in [-0.4, -0.2) is 67.4 Å². The maximum Gasteiger partial charge on any atom is 0.306 e. The lowest BCUT2D eigenvalue weighted by atomic mass is 9.91. The number of cyclic esters (lactones) is 1. The number of ketones is 1. The molecule has 4 aliphatic rings. The van der Waals surface area contributed by atoms with E-state index in [0.717, 1.165) is 22.8 Å². The first-order valence-corrected chi connectivity index (χ1v) is 18.6. The summed E-state index contributed by atoms with van der Waals surface area (Å²) in [4.78, 5) is 56.3. The number of allylic oxidation sites excluding steroid dienone is 2. The summed E-state index contributed by atoms with van der Waals surface area (Å²) in [5, 5.41) is 1.31. The van der Waals surface area contributed by atoms with Crippen LogP contribution in [0.5, 0.6) is 5.75 Å². The number of nitrogens with zero attached hydrogens (tertiary/aromatic N) is 1. The molecule has 3 fully saturated rings. The fraction of sp³-hybridized carbons (Fsp3) is 0.514. The zero-order chi connectivity index (χ0) is 34.1. The third kappa shape index (κ3) is 7.21. The number of esters is 1. The summed E-state index contributed by atoms with van der Waals surface area (Å²) in [5.74, 6) is -2.23. The van der Waals surface area contributed by atoms with Gasteiger partial charge in [-0.25, -0.2) is 8.42 Å². The van der Waals surface area contributed by atoms with Crippen molar-refractivity contribution in [1.82, 2.24) is 9.62 Å². The molecule has 10 nitrogen and oxygen atoms in total. The first kappa shape index (κ1) is 33.9. The van der Waals surface area contributed by atoms with E-state index >= 15 is 0 Å². The molecule has 256 valence electrons. The molecule has 0 radical (unpaired) electrons. The van der Waals surface area contributed by atoms with Crippen LogP contribution in [0.4, 0.5) is 0 Å². The molecule has 2 amide bonds. The summed E-state index contributed by atoms with van der Waals surface area (Å²) < 4.78 is 39.6. The molecule has 2 saturated carbocycles. The number of ether oxygens (including phenoxy) is 2. The Morgan fingerprint density at radius 3 is 2.71 bits per heavy atom. The minimum Gasteiger partial charge on any atom is -0.488 e. The fourth-order valence-corrected chi connectivity index (χ4v) is 8.54. The monoisotopic (exact) mass is 676 g/mol. The average molecular weight is 677 g/mol. The second-order valence-corrected chi connectivity index (χ2v) is 15.7. The Morgan fingerprint density at radius 2 is 1.98 bits per heavy atom. The normalized spacial score (nSPS) is 28.6. The predicted molar refractivity (Wildman–Crippen MR) is 181 cm³/mol. The van der Waals surface area contributed by atoms with E-state index < -0.39 is 50.6 Å². The smallest absolute Gasteiger partial charge is 0.306 e. The predicted octanol–water partition coefficient (Wildman–Crippen LogP) is 5.10. The van der Waals surface area contributed by atoms with E-state index in [1.54, 1.807) is 6.08 Å². The molecular formula is C37H44N2O8S. The van der Waals surface area contributed by atoms with Gasteiger partial charge in [-0.15, -0.1) is 6.58 Å². The van der Waals surface area contributed by atoms with Gasteiger partial charge in [-0.2, -0.15) is 0 Å². The van der Waals surface area contributed by atoms with Crippen molar-refractivity contribution in [2.75, 3.05) is 13.2 Å². The molecule has 6 rings (SSSR count). The van der Waals surface area contributed by atoms with Crippen molar-refractivity contribution in [2.24, 2.45) is 17.3 Å². The summed E-state index contributed by atoms with van der Waals surface area (Å²) >= 11 is 0. The van der Waals surface area contributed by atoms with Gasteiger partial charge in [-0.3, -0.25) is 23.9 Å². The molecule has 4 bridgehead atoms. The van der Waals surface area contributed by atoms with Crippen LogP contribution in [0.3, 0.4) is 0 Å². The molecule has 0 aromatic heterocycles. The van der Waals surface area contributed by atoms with E-state index in [-0.39, 0.29) is 50.0 Å². The average Bonchev–Trinajstić information content (AvgIpc) is 3.99. The van der Waals surface area contributed by atoms with Crippen molar-refractivity contribution in [3.63, 3.8) is 0 Å². The van der Waals surface area contributed by atoms with Crippen LogP contribution >= 0.6 is 0 Å². The molecule has 2 aliphatic carbocycles. The molecule has 48 heavy (non-hydrogen) atoms. The lowest BCUT2D eigenvalue weighted by Gasteiger charge is -2.28. The number of rotatable bonds is 9. The number of Topliss-reactive ketones (excluding diaryl/α,β-unsaturated/α-hetero) is 1. The van der Waals surface area contributed by atoms with E-state index in [0.29, 0.717) is 44.3 Å². The maximum absolute atomic E-state index is 14.2. The van der Waals surface area contributed by atoms with Crippen LogP contribution in [0.1, 0.15) is 76.7 Å². The van der Waals surface area contributed by atoms with E-state index in [2.05, 4.69) is 11.3 Å². The van der Waals surface area contributed by atoms with Crippen molar-refractivity contribution < 1.29 is 37.1 Å². The Kier molecular flexibility index (Phi) is 9.79. The Hall–Kier alpha value is -3.99. The molecule has 11 heteroatoms. The van der Waals surface area contributed by atoms with E-state index in [1.165, 1.54) is 4.90 Å². The van der Waals surface area contributed by atoms with E-state index in [1.807, 2.05) is 55.5 Å². The number of nitrogens with one attached hydrogen (secondary N) is 1. The topological polar surface area (TPSA) is 136 Å². The van der Waals surface area contributed by atoms with Gasteiger partial charge < -0.3 is 14.4 Å². The van der Waals surface area contributed by atoms with Gasteiger partial charge in [0, 0.05) is 24.1 Å². The van der Waals surface area contributed by atoms with Gasteiger partial charge >= 0.3 is 5.97 Å². The second-order valence-electron chi connectivity index (χ2n) is 13.7. The highest BCUT2D eigenvalue weighted by molar-refractivity contribution is 7.90. The van der Waals surface area contributed by atoms with Gasteiger partial charge in [0.2, 0.25) is 21.8 Å². The largest absolute Gasteiger partial charge is 0.488 e. The zero-order valence-corrected chi connectivity index (χ0v) is 28.2. The third-order valence-electron chi connectivity index (χ3n) is 10.1. The maximum atomic E-state index is 14.2. The molecule has 1 N–H and O–H groups in total. The van der Waals surface area contributed by atoms with Crippen LogP contribution in [0, 0.1) is 17.3 Å². The SMILES string of the molecule is C=C[C@H]1C[C@]1(CC(=O)[C@@H]1C[C@@H]2CN1C(=O)[C@H](CCC)CC(=O)OCCC/C=C/c1ccc3cccc(c3c1)O2)C(=O)NS(=O)(=O)C1CC1. The van der Waals surface area contributed by atoms with Gasteiger partial charge in [-0.1, -0.05) is 55.8 Å². The zero-order valence-electron chi connectivity index (χ0n) is 27.4. The number of carbonyl (C=O) groups is 4. The summed E-state index contributed by atoms with van der Waals surface area (Å²) in [7, 11) is -3.82. The fourth-order valence-electron chi connectivity index (χ4n) is 7.15. The summed E-state index contributed by atoms with van der Waals surface area (Å²) in [6.45, 7) is 6.11. The Bertz CT molecular complexity index is 1750. The van der Waals surface area contributed by atoms with Gasteiger partial charge in [0.15, 0.2) is 5.78 Å². The standard InChI is InChI=1S/C37H44N2O8S/c1-3-9-26-19-34(41)46-17-7-5-6-10-24-13-14-25-11-8-12-33(30(25)18-24)47-28-20-31(39(23-28)35(26)42)32(40)22-37(21-27(37)4-2)36(43)38-48(44,45)29-15-16-29/h4,6,8,10-14,18,26-29,31H,2-3,5,7,9,15-17,19-23H2,1H3,(H,38,43)/b10-6+/t26-,27+,28-,31+,37-/m1/s1. The minimum atomic E-state index is -3.82. The van der Waals surface area contributed by atoms with Gasteiger partial charge in [0.05, 0.1) is 36.3 Å². The summed E-state index contributed by atoms with van der Waals surface area (Å²) in [6, 6.07) is 11.0.